The largest absolute Gasteiger partial charge is 0.271 e. The molecule has 0 amide bonds. The van der Waals surface area contributed by atoms with Gasteiger partial charge < -0.3 is 0 Å². The molecule has 2 aromatic carbocycles. The number of nitrogens with two attached hydrogens (primary N) is 1. The summed E-state index contributed by atoms with van der Waals surface area (Å²) in [6, 6.07) is 16.8. The van der Waals surface area contributed by atoms with Crippen LogP contribution >= 0.6 is 27.7 Å². The fourth-order valence-electron chi connectivity index (χ4n) is 1.94. The minimum Gasteiger partial charge on any atom is -0.271 e. The zero-order valence-corrected chi connectivity index (χ0v) is 13.2. The van der Waals surface area contributed by atoms with E-state index in [4.69, 9.17) is 5.84 Å². The SMILES string of the molecule is Cc1ccccc1C(CSc1cccc(Br)c1)NN. The summed E-state index contributed by atoms with van der Waals surface area (Å²) in [6.07, 6.45) is 0. The number of nitrogens with one attached hydrogen (secondary N) is 1. The van der Waals surface area contributed by atoms with Crippen LogP contribution in [0.3, 0.4) is 0 Å². The molecular weight excluding hydrogens is 320 g/mol. The van der Waals surface area contributed by atoms with Gasteiger partial charge >= 0.3 is 0 Å². The molecule has 0 bridgehead atoms. The van der Waals surface area contributed by atoms with Crippen molar-refractivity contribution >= 4 is 27.7 Å². The Hall–Kier alpha value is -0.810. The van der Waals surface area contributed by atoms with Gasteiger partial charge in [0.05, 0.1) is 6.04 Å². The maximum absolute atomic E-state index is 5.70. The molecule has 2 aromatic rings. The van der Waals surface area contributed by atoms with Crippen molar-refractivity contribution in [3.63, 3.8) is 0 Å². The Labute approximate surface area is 126 Å². The molecule has 0 aliphatic carbocycles. The first-order chi connectivity index (χ1) is 9.20. The summed E-state index contributed by atoms with van der Waals surface area (Å²) in [5, 5.41) is 0. The predicted molar refractivity (Wildman–Crippen MR) is 86.1 cm³/mol. The van der Waals surface area contributed by atoms with Crippen LogP contribution in [0.1, 0.15) is 17.2 Å². The molecule has 100 valence electrons. The molecule has 0 aliphatic heterocycles. The molecule has 3 N–H and O–H groups in total. The molecule has 0 aromatic heterocycles. The third kappa shape index (κ3) is 4.08. The van der Waals surface area contributed by atoms with Gasteiger partial charge in [-0.15, -0.1) is 11.8 Å². The quantitative estimate of drug-likeness (QED) is 0.491. The van der Waals surface area contributed by atoms with Crippen LogP contribution in [0.2, 0.25) is 0 Å². The molecule has 0 saturated heterocycles. The van der Waals surface area contributed by atoms with Crippen LogP contribution in [0.4, 0.5) is 0 Å². The lowest BCUT2D eigenvalue weighted by molar-refractivity contribution is 0.608. The summed E-state index contributed by atoms with van der Waals surface area (Å²) < 4.78 is 1.10. The number of benzene rings is 2. The van der Waals surface area contributed by atoms with Crippen molar-refractivity contribution in [2.75, 3.05) is 5.75 Å². The topological polar surface area (TPSA) is 38.0 Å². The van der Waals surface area contributed by atoms with Gasteiger partial charge in [0.1, 0.15) is 0 Å². The number of thioether (sulfide) groups is 1. The van der Waals surface area contributed by atoms with Crippen molar-refractivity contribution in [2.45, 2.75) is 17.9 Å². The first kappa shape index (κ1) is 14.6. The smallest absolute Gasteiger partial charge is 0.0556 e. The molecule has 0 fully saturated rings. The maximum atomic E-state index is 5.70. The van der Waals surface area contributed by atoms with Crippen molar-refractivity contribution in [3.05, 3.63) is 64.1 Å². The van der Waals surface area contributed by atoms with Gasteiger partial charge in [-0.05, 0) is 36.2 Å². The lowest BCUT2D eigenvalue weighted by Crippen LogP contribution is -2.30. The van der Waals surface area contributed by atoms with E-state index in [0.29, 0.717) is 0 Å². The second kappa shape index (κ2) is 7.10. The van der Waals surface area contributed by atoms with Crippen LogP contribution in [0, 0.1) is 6.92 Å². The monoisotopic (exact) mass is 336 g/mol. The number of hydrogen-bond donors (Lipinski definition) is 2. The molecule has 4 heteroatoms. The van der Waals surface area contributed by atoms with Gasteiger partial charge in [0, 0.05) is 15.1 Å². The molecule has 0 saturated carbocycles. The molecule has 2 rings (SSSR count). The Kier molecular flexibility index (Phi) is 5.45. The minimum absolute atomic E-state index is 0.158. The summed E-state index contributed by atoms with van der Waals surface area (Å²) >= 11 is 5.29. The number of halogens is 1. The zero-order valence-electron chi connectivity index (χ0n) is 10.8. The summed E-state index contributed by atoms with van der Waals surface area (Å²) in [5.41, 5.74) is 5.43. The molecular formula is C15H17BrN2S. The average molecular weight is 337 g/mol. The predicted octanol–water partition coefficient (Wildman–Crippen LogP) is 4.05. The fraction of sp³-hybridized carbons (Fsp3) is 0.200. The van der Waals surface area contributed by atoms with Gasteiger partial charge in [-0.25, -0.2) is 0 Å². The summed E-state index contributed by atoms with van der Waals surface area (Å²) in [4.78, 5) is 1.24. The van der Waals surface area contributed by atoms with Crippen molar-refractivity contribution in [1.82, 2.24) is 5.43 Å². The Balaban J connectivity index is 2.06. The number of aryl methyl sites for hydroxylation is 1. The second-order valence-electron chi connectivity index (χ2n) is 4.34. The highest BCUT2D eigenvalue weighted by Crippen LogP contribution is 2.27. The second-order valence-corrected chi connectivity index (χ2v) is 6.35. The lowest BCUT2D eigenvalue weighted by atomic mass is 10.0. The van der Waals surface area contributed by atoms with Gasteiger partial charge in [-0.2, -0.15) is 0 Å². The summed E-state index contributed by atoms with van der Waals surface area (Å²) in [6.45, 7) is 2.11. The van der Waals surface area contributed by atoms with E-state index >= 15 is 0 Å². The lowest BCUT2D eigenvalue weighted by Gasteiger charge is -2.18. The number of rotatable bonds is 5. The molecule has 19 heavy (non-hydrogen) atoms. The van der Waals surface area contributed by atoms with Gasteiger partial charge in [0.2, 0.25) is 0 Å². The van der Waals surface area contributed by atoms with E-state index in [1.807, 2.05) is 18.2 Å². The van der Waals surface area contributed by atoms with Crippen molar-refractivity contribution in [1.29, 1.82) is 0 Å². The van der Waals surface area contributed by atoms with E-state index in [1.165, 1.54) is 16.0 Å². The molecule has 1 unspecified atom stereocenters. The van der Waals surface area contributed by atoms with Crippen LogP contribution in [-0.4, -0.2) is 5.75 Å². The Bertz CT molecular complexity index is 545. The Morgan fingerprint density at radius 1 is 1.21 bits per heavy atom. The normalized spacial score (nSPS) is 12.4. The van der Waals surface area contributed by atoms with E-state index in [1.54, 1.807) is 11.8 Å². The van der Waals surface area contributed by atoms with Crippen molar-refractivity contribution < 1.29 is 0 Å². The van der Waals surface area contributed by atoms with Gasteiger partial charge in [0.25, 0.3) is 0 Å². The van der Waals surface area contributed by atoms with Crippen LogP contribution in [0.15, 0.2) is 57.9 Å². The highest BCUT2D eigenvalue weighted by Gasteiger charge is 2.12. The van der Waals surface area contributed by atoms with E-state index in [0.717, 1.165) is 10.2 Å². The molecule has 0 radical (unpaired) electrons. The molecule has 0 heterocycles. The maximum Gasteiger partial charge on any atom is 0.0556 e. The van der Waals surface area contributed by atoms with E-state index in [-0.39, 0.29) is 6.04 Å². The van der Waals surface area contributed by atoms with Crippen LogP contribution in [0.5, 0.6) is 0 Å². The van der Waals surface area contributed by atoms with Gasteiger partial charge in [-0.1, -0.05) is 46.3 Å². The third-order valence-electron chi connectivity index (χ3n) is 2.98. The number of hydrazine groups is 1. The fourth-order valence-corrected chi connectivity index (χ4v) is 3.51. The summed E-state index contributed by atoms with van der Waals surface area (Å²) in [5.74, 6) is 6.60. The van der Waals surface area contributed by atoms with E-state index in [2.05, 4.69) is 58.6 Å². The van der Waals surface area contributed by atoms with Crippen LogP contribution < -0.4 is 11.3 Å². The van der Waals surface area contributed by atoms with Gasteiger partial charge in [0.15, 0.2) is 0 Å². The first-order valence-electron chi connectivity index (χ1n) is 6.10. The Morgan fingerprint density at radius 2 is 2.00 bits per heavy atom. The highest BCUT2D eigenvalue weighted by atomic mass is 79.9. The highest BCUT2D eigenvalue weighted by molar-refractivity contribution is 9.10. The summed E-state index contributed by atoms with van der Waals surface area (Å²) in [7, 11) is 0. The van der Waals surface area contributed by atoms with Crippen molar-refractivity contribution in [3.8, 4) is 0 Å². The minimum atomic E-state index is 0.158. The van der Waals surface area contributed by atoms with E-state index < -0.39 is 0 Å². The van der Waals surface area contributed by atoms with Gasteiger partial charge in [-0.3, -0.25) is 11.3 Å². The number of hydrogen-bond acceptors (Lipinski definition) is 3. The van der Waals surface area contributed by atoms with Crippen molar-refractivity contribution in [2.24, 2.45) is 5.84 Å². The zero-order chi connectivity index (χ0) is 13.7. The third-order valence-corrected chi connectivity index (χ3v) is 4.56. The first-order valence-corrected chi connectivity index (χ1v) is 7.88. The molecule has 2 nitrogen and oxygen atoms in total. The molecule has 0 spiro atoms. The Morgan fingerprint density at radius 3 is 2.68 bits per heavy atom. The standard InChI is InChI=1S/C15H17BrN2S/c1-11-5-2-3-8-14(11)15(18-17)10-19-13-7-4-6-12(16)9-13/h2-9,15,18H,10,17H2,1H3. The van der Waals surface area contributed by atoms with Crippen LogP contribution in [-0.2, 0) is 0 Å². The molecule has 0 aliphatic rings. The van der Waals surface area contributed by atoms with E-state index in [9.17, 15) is 0 Å². The molecule has 1 atom stereocenters. The average Bonchev–Trinajstić information content (AvgIpc) is 2.41. The van der Waals surface area contributed by atoms with Crippen LogP contribution in [0.25, 0.3) is 0 Å².